The highest BCUT2D eigenvalue weighted by Gasteiger charge is 2.31. The molecule has 3 heterocycles. The normalized spacial score (nSPS) is 16.6. The molecule has 1 saturated heterocycles. The third-order valence-electron chi connectivity index (χ3n) is 6.19. The van der Waals surface area contributed by atoms with E-state index in [1.807, 2.05) is 6.92 Å². The van der Waals surface area contributed by atoms with Gasteiger partial charge in [0.15, 0.2) is 5.82 Å². The molecule has 0 spiro atoms. The molecular formula is C25H29N5OS. The Balaban J connectivity index is 1.43. The molecule has 1 fully saturated rings. The summed E-state index contributed by atoms with van der Waals surface area (Å²) in [5.74, 6) is 0.982. The molecule has 1 atom stereocenters. The van der Waals surface area contributed by atoms with Crippen molar-refractivity contribution in [2.75, 3.05) is 26.2 Å². The van der Waals surface area contributed by atoms with Crippen LogP contribution in [-0.4, -0.2) is 55.7 Å². The molecule has 1 unspecified atom stereocenters. The first kappa shape index (κ1) is 21.1. The molecule has 0 amide bonds. The van der Waals surface area contributed by atoms with E-state index in [0.717, 1.165) is 54.8 Å². The van der Waals surface area contributed by atoms with Crippen molar-refractivity contribution >= 4 is 16.3 Å². The standard InChI is InChI=1S/C25H29N5OS/c1-3-21-26-25-30(27-21)24(31)23(32-25)22(20-11-7-8-18(2)16-20)29-14-12-28(13-15-29)17-19-9-5-4-6-10-19/h4-11,16,22,31H,3,12-15,17H2,1-2H3. The summed E-state index contributed by atoms with van der Waals surface area (Å²) in [6, 6.07) is 19.3. The lowest BCUT2D eigenvalue weighted by Gasteiger charge is -2.39. The highest BCUT2D eigenvalue weighted by atomic mass is 32.1. The smallest absolute Gasteiger partial charge is 0.230 e. The number of hydrogen-bond donors (Lipinski definition) is 1. The van der Waals surface area contributed by atoms with Crippen LogP contribution < -0.4 is 0 Å². The number of piperazine rings is 1. The summed E-state index contributed by atoms with van der Waals surface area (Å²) in [4.78, 5) is 11.3. The summed E-state index contributed by atoms with van der Waals surface area (Å²) < 4.78 is 1.60. The highest BCUT2D eigenvalue weighted by Crippen LogP contribution is 2.40. The summed E-state index contributed by atoms with van der Waals surface area (Å²) in [6.45, 7) is 9.01. The van der Waals surface area contributed by atoms with E-state index in [2.05, 4.69) is 81.4 Å². The molecule has 1 N–H and O–H groups in total. The molecule has 7 heteroatoms. The van der Waals surface area contributed by atoms with E-state index in [1.165, 1.54) is 16.7 Å². The van der Waals surface area contributed by atoms with Crippen LogP contribution >= 0.6 is 11.3 Å². The van der Waals surface area contributed by atoms with Crippen LogP contribution in [0.15, 0.2) is 54.6 Å². The first-order valence-electron chi connectivity index (χ1n) is 11.3. The molecule has 4 aromatic rings. The second kappa shape index (κ2) is 9.02. The molecular weight excluding hydrogens is 418 g/mol. The Hall–Kier alpha value is -2.74. The third-order valence-corrected chi connectivity index (χ3v) is 7.26. The SMILES string of the molecule is CCc1nc2sc(C(c3cccc(C)c3)N3CCN(Cc4ccccc4)CC3)c(O)n2n1. The van der Waals surface area contributed by atoms with Crippen LogP contribution in [0.25, 0.3) is 4.96 Å². The van der Waals surface area contributed by atoms with Crippen LogP contribution in [0.2, 0.25) is 0 Å². The van der Waals surface area contributed by atoms with Gasteiger partial charge in [-0.05, 0) is 18.1 Å². The van der Waals surface area contributed by atoms with Gasteiger partial charge in [0.05, 0.1) is 10.9 Å². The van der Waals surface area contributed by atoms with Crippen molar-refractivity contribution in [3.8, 4) is 5.88 Å². The van der Waals surface area contributed by atoms with E-state index in [9.17, 15) is 5.11 Å². The summed E-state index contributed by atoms with van der Waals surface area (Å²) in [6.07, 6.45) is 0.758. The molecule has 5 rings (SSSR count). The molecule has 6 nitrogen and oxygen atoms in total. The van der Waals surface area contributed by atoms with Crippen LogP contribution in [-0.2, 0) is 13.0 Å². The number of thiazole rings is 1. The van der Waals surface area contributed by atoms with Gasteiger partial charge in [-0.3, -0.25) is 9.80 Å². The quantitative estimate of drug-likeness (QED) is 0.478. The topological polar surface area (TPSA) is 56.9 Å². The molecule has 2 aromatic heterocycles. The van der Waals surface area contributed by atoms with Gasteiger partial charge in [-0.1, -0.05) is 78.4 Å². The summed E-state index contributed by atoms with van der Waals surface area (Å²) in [5.41, 5.74) is 3.78. The van der Waals surface area contributed by atoms with E-state index in [0.29, 0.717) is 0 Å². The molecule has 1 aliphatic rings. The molecule has 2 aromatic carbocycles. The van der Waals surface area contributed by atoms with Gasteiger partial charge in [0, 0.05) is 39.1 Å². The second-order valence-corrected chi connectivity index (χ2v) is 9.49. The van der Waals surface area contributed by atoms with Crippen molar-refractivity contribution < 1.29 is 5.11 Å². The molecule has 1 aliphatic heterocycles. The molecule has 0 saturated carbocycles. The predicted molar refractivity (Wildman–Crippen MR) is 128 cm³/mol. The average molecular weight is 448 g/mol. The maximum absolute atomic E-state index is 11.1. The average Bonchev–Trinajstić information content (AvgIpc) is 3.35. The van der Waals surface area contributed by atoms with Crippen LogP contribution in [0.4, 0.5) is 0 Å². The van der Waals surface area contributed by atoms with Crippen molar-refractivity contribution in [1.82, 2.24) is 24.4 Å². The van der Waals surface area contributed by atoms with E-state index in [1.54, 1.807) is 15.9 Å². The minimum atomic E-state index is -0.00708. The Labute approximate surface area is 192 Å². The van der Waals surface area contributed by atoms with Gasteiger partial charge in [-0.15, -0.1) is 5.10 Å². The Morgan fingerprint density at radius 2 is 1.81 bits per heavy atom. The Morgan fingerprint density at radius 1 is 1.03 bits per heavy atom. The maximum atomic E-state index is 11.1. The summed E-state index contributed by atoms with van der Waals surface area (Å²) >= 11 is 1.55. The fourth-order valence-electron chi connectivity index (χ4n) is 4.51. The molecule has 32 heavy (non-hydrogen) atoms. The Morgan fingerprint density at radius 3 is 2.50 bits per heavy atom. The number of rotatable bonds is 6. The fraction of sp³-hybridized carbons (Fsp3) is 0.360. The van der Waals surface area contributed by atoms with E-state index < -0.39 is 0 Å². The largest absolute Gasteiger partial charge is 0.492 e. The second-order valence-electron chi connectivity index (χ2n) is 8.48. The third kappa shape index (κ3) is 4.16. The summed E-state index contributed by atoms with van der Waals surface area (Å²) in [7, 11) is 0. The lowest BCUT2D eigenvalue weighted by molar-refractivity contribution is 0.105. The van der Waals surface area contributed by atoms with Gasteiger partial charge in [0.1, 0.15) is 0 Å². The maximum Gasteiger partial charge on any atom is 0.230 e. The molecule has 0 bridgehead atoms. The number of hydrogen-bond acceptors (Lipinski definition) is 6. The monoisotopic (exact) mass is 447 g/mol. The number of benzene rings is 2. The number of aryl methyl sites for hydroxylation is 2. The zero-order valence-electron chi connectivity index (χ0n) is 18.6. The van der Waals surface area contributed by atoms with E-state index >= 15 is 0 Å². The first-order chi connectivity index (χ1) is 15.6. The van der Waals surface area contributed by atoms with Gasteiger partial charge < -0.3 is 5.11 Å². The van der Waals surface area contributed by atoms with Gasteiger partial charge in [-0.2, -0.15) is 4.52 Å². The zero-order chi connectivity index (χ0) is 22.1. The van der Waals surface area contributed by atoms with Crippen molar-refractivity contribution in [3.05, 3.63) is 82.0 Å². The predicted octanol–water partition coefficient (Wildman–Crippen LogP) is 4.27. The van der Waals surface area contributed by atoms with Gasteiger partial charge in [0.2, 0.25) is 10.8 Å². The van der Waals surface area contributed by atoms with Gasteiger partial charge >= 0.3 is 0 Å². The van der Waals surface area contributed by atoms with E-state index in [-0.39, 0.29) is 11.9 Å². The van der Waals surface area contributed by atoms with Crippen molar-refractivity contribution in [1.29, 1.82) is 0 Å². The minimum absolute atomic E-state index is 0.00708. The molecule has 0 aliphatic carbocycles. The highest BCUT2D eigenvalue weighted by molar-refractivity contribution is 7.17. The number of aromatic hydroxyl groups is 1. The van der Waals surface area contributed by atoms with Crippen molar-refractivity contribution in [2.24, 2.45) is 0 Å². The van der Waals surface area contributed by atoms with Gasteiger partial charge in [0.25, 0.3) is 0 Å². The summed E-state index contributed by atoms with van der Waals surface area (Å²) in [5, 5.41) is 15.6. The number of fused-ring (bicyclic) bond motifs is 1. The number of nitrogens with zero attached hydrogens (tertiary/aromatic N) is 5. The van der Waals surface area contributed by atoms with Crippen LogP contribution in [0.1, 0.15) is 40.4 Å². The van der Waals surface area contributed by atoms with Crippen molar-refractivity contribution in [3.63, 3.8) is 0 Å². The van der Waals surface area contributed by atoms with Crippen LogP contribution in [0.5, 0.6) is 5.88 Å². The lowest BCUT2D eigenvalue weighted by Crippen LogP contribution is -2.47. The molecule has 0 radical (unpaired) electrons. The van der Waals surface area contributed by atoms with Crippen LogP contribution in [0.3, 0.4) is 0 Å². The fourth-order valence-corrected chi connectivity index (χ4v) is 5.64. The first-order valence-corrected chi connectivity index (χ1v) is 12.1. The zero-order valence-corrected chi connectivity index (χ0v) is 19.4. The minimum Gasteiger partial charge on any atom is -0.492 e. The Bertz CT molecular complexity index is 1190. The molecule has 166 valence electrons. The number of aromatic nitrogens is 3. The Kier molecular flexibility index (Phi) is 5.95. The lowest BCUT2D eigenvalue weighted by atomic mass is 10.0. The van der Waals surface area contributed by atoms with E-state index in [4.69, 9.17) is 0 Å². The van der Waals surface area contributed by atoms with Gasteiger partial charge in [-0.25, -0.2) is 4.98 Å². The van der Waals surface area contributed by atoms with Crippen LogP contribution in [0, 0.1) is 6.92 Å². The van der Waals surface area contributed by atoms with Crippen molar-refractivity contribution in [2.45, 2.75) is 32.9 Å².